The van der Waals surface area contributed by atoms with Crippen LogP contribution in [-0.4, -0.2) is 55.8 Å². The average molecular weight is 441 g/mol. The van der Waals surface area contributed by atoms with E-state index in [-0.39, 0.29) is 36.0 Å². The van der Waals surface area contributed by atoms with Crippen LogP contribution < -0.4 is 34.7 Å². The summed E-state index contributed by atoms with van der Waals surface area (Å²) in [4.78, 5) is 44.2. The molecule has 8 nitrogen and oxygen atoms in total. The second-order valence-corrected chi connectivity index (χ2v) is 7.41. The maximum atomic E-state index is 11.4. The topological polar surface area (TPSA) is 119 Å². The number of rotatable bonds is 4. The van der Waals surface area contributed by atoms with Gasteiger partial charge in [0.15, 0.2) is 0 Å². The third-order valence-electron chi connectivity index (χ3n) is 1.77. The molecule has 0 aliphatic carbocycles. The number of aliphatic carboxylic acids is 1. The van der Waals surface area contributed by atoms with Crippen molar-refractivity contribution in [3.8, 4) is 0 Å². The first-order valence-electron chi connectivity index (χ1n) is 4.80. The first-order chi connectivity index (χ1) is 8.79. The van der Waals surface area contributed by atoms with Gasteiger partial charge in [-0.3, -0.25) is 0 Å². The number of carboxylic acid groups (broad SMARTS) is 1. The summed E-state index contributed by atoms with van der Waals surface area (Å²) in [7, 11) is 0. The van der Waals surface area contributed by atoms with Crippen LogP contribution in [0.25, 0.3) is 0 Å². The monoisotopic (exact) mass is 440 g/mol. The van der Waals surface area contributed by atoms with E-state index >= 15 is 0 Å². The molecular weight excluding hydrogens is 433 g/mol. The van der Waals surface area contributed by atoms with E-state index in [1.54, 1.807) is 0 Å². The molecule has 2 unspecified atom stereocenters. The summed E-state index contributed by atoms with van der Waals surface area (Å²) in [5, 5.41) is 8.01. The van der Waals surface area contributed by atoms with Gasteiger partial charge in [-0.1, -0.05) is 0 Å². The van der Waals surface area contributed by atoms with E-state index in [1.807, 2.05) is 0 Å². The molecule has 0 N–H and O–H groups in total. The summed E-state index contributed by atoms with van der Waals surface area (Å²) in [5.41, 5.74) is 0. The third kappa shape index (κ3) is 6.91. The molecule has 0 bridgehead atoms. The van der Waals surface area contributed by atoms with Crippen LogP contribution in [0.3, 0.4) is 0 Å². The van der Waals surface area contributed by atoms with Crippen LogP contribution in [-0.2, 0) is 28.2 Å². The minimum absolute atomic E-state index is 0. The van der Waals surface area contributed by atoms with Crippen molar-refractivity contribution in [3.63, 3.8) is 0 Å². The molecule has 12 heteroatoms. The summed E-state index contributed by atoms with van der Waals surface area (Å²) in [6.07, 6.45) is -0.961. The molecule has 1 rings (SSSR count). The minimum Gasteiger partial charge on any atom is 1.00 e. The molecule has 106 valence electrons. The fourth-order valence-electron chi connectivity index (χ4n) is 0.927. The zero-order valence-corrected chi connectivity index (χ0v) is 16.5. The maximum absolute atomic E-state index is 11.4. The van der Waals surface area contributed by atoms with E-state index in [4.69, 9.17) is 6.03 Å². The minimum atomic E-state index is -3.82. The smallest absolute Gasteiger partial charge is 1.00 e. The molecule has 1 aliphatic rings. The van der Waals surface area contributed by atoms with Gasteiger partial charge in [-0.25, -0.2) is 0 Å². The van der Waals surface area contributed by atoms with Crippen LogP contribution in [0.5, 0.6) is 0 Å². The Morgan fingerprint density at radius 2 is 2.05 bits per heavy atom. The molecule has 1 heterocycles. The summed E-state index contributed by atoms with van der Waals surface area (Å²) >= 11 is 3.69. The molecule has 0 aromatic rings. The largest absolute Gasteiger partial charge is 1.00 e. The van der Waals surface area contributed by atoms with Gasteiger partial charge in [-0.15, -0.1) is 0 Å². The van der Waals surface area contributed by atoms with E-state index in [0.717, 1.165) is 0 Å². The third-order valence-corrected chi connectivity index (χ3v) is 5.44. The van der Waals surface area contributed by atoms with Gasteiger partial charge in [0.1, 0.15) is 0 Å². The number of carbonyl (C=O) groups is 4. The van der Waals surface area contributed by atoms with Crippen LogP contribution >= 0.6 is 25.3 Å². The van der Waals surface area contributed by atoms with Crippen molar-refractivity contribution in [3.05, 3.63) is 0 Å². The van der Waals surface area contributed by atoms with Gasteiger partial charge < -0.3 is 0 Å². The Morgan fingerprint density at radius 1 is 1.45 bits per heavy atom. The van der Waals surface area contributed by atoms with Crippen LogP contribution in [0.2, 0.25) is 0 Å². The van der Waals surface area contributed by atoms with Crippen molar-refractivity contribution in [2.24, 2.45) is 0 Å². The summed E-state index contributed by atoms with van der Waals surface area (Å²) in [6, 6.07) is 0. The Morgan fingerprint density at radius 3 is 2.60 bits per heavy atom. The number of hydrogen-bond donors (Lipinski definition) is 2. The predicted octanol–water partition coefficient (Wildman–Crippen LogP) is -5.25. The molecule has 2 atom stereocenters. The van der Waals surface area contributed by atoms with E-state index < -0.39 is 62.3 Å². The van der Waals surface area contributed by atoms with Crippen molar-refractivity contribution >= 4 is 70.6 Å². The second-order valence-electron chi connectivity index (χ2n) is 3.32. The Bertz CT molecular complexity index is 419. The Labute approximate surface area is 155 Å². The molecule has 1 aliphatic heterocycles. The van der Waals surface area contributed by atoms with Gasteiger partial charge in [-0.05, 0) is 0 Å². The van der Waals surface area contributed by atoms with Crippen LogP contribution in [0.15, 0.2) is 0 Å². The molecule has 1 saturated heterocycles. The normalized spacial score (nSPS) is 20.8. The van der Waals surface area contributed by atoms with Crippen LogP contribution in [0, 0.1) is 0 Å². The molecular formula is C8H8NaO8S2Sb. The molecule has 0 aromatic heterocycles. The van der Waals surface area contributed by atoms with E-state index in [1.165, 1.54) is 0 Å². The fraction of sp³-hybridized carbons (Fsp3) is 0.500. The quantitative estimate of drug-likeness (QED) is 0.329. The zero-order valence-electron chi connectivity index (χ0n) is 10.2. The summed E-state index contributed by atoms with van der Waals surface area (Å²) < 4.78 is 14.1. The second kappa shape index (κ2) is 9.42. The molecule has 20 heavy (non-hydrogen) atoms. The Balaban J connectivity index is 0.00000361. The molecule has 0 saturated carbocycles. The Kier molecular flexibility index (Phi) is 9.61. The molecule has 1 fully saturated rings. The molecule has 0 amide bonds. The van der Waals surface area contributed by atoms with Gasteiger partial charge in [0.2, 0.25) is 0 Å². The number of hydrogen-bond acceptors (Lipinski definition) is 10. The van der Waals surface area contributed by atoms with Crippen LogP contribution in [0.4, 0.5) is 0 Å². The predicted molar refractivity (Wildman–Crippen MR) is 63.8 cm³/mol. The van der Waals surface area contributed by atoms with Gasteiger partial charge in [-0.2, -0.15) is 0 Å². The van der Waals surface area contributed by atoms with Gasteiger partial charge >= 0.3 is 157 Å². The van der Waals surface area contributed by atoms with Gasteiger partial charge in [0.25, 0.3) is 0 Å². The van der Waals surface area contributed by atoms with Crippen molar-refractivity contribution in [1.82, 2.24) is 0 Å². The van der Waals surface area contributed by atoms with E-state index in [2.05, 4.69) is 28.3 Å². The van der Waals surface area contributed by atoms with Crippen molar-refractivity contribution in [2.75, 3.05) is 0 Å². The molecule has 0 aromatic carbocycles. The van der Waals surface area contributed by atoms with E-state index in [9.17, 15) is 24.3 Å². The number of carboxylic acids is 1. The number of carbonyl (C=O) groups excluding carboxylic acids is 4. The molecule has 0 spiro atoms. The van der Waals surface area contributed by atoms with Crippen LogP contribution in [0.1, 0.15) is 12.8 Å². The van der Waals surface area contributed by atoms with Crippen molar-refractivity contribution < 1.29 is 62.9 Å². The number of thiol groups is 2. The summed E-state index contributed by atoms with van der Waals surface area (Å²) in [5.74, 6) is -4.12. The SMILES string of the molecule is O=C([O-])CC(S)C(=O)[O][Sb]1[O]C(=O)CC(S)C(=O)[O]1.[Na+]. The Hall–Kier alpha value is 0.398. The maximum Gasteiger partial charge on any atom is 1.00 e. The van der Waals surface area contributed by atoms with Gasteiger partial charge in [0, 0.05) is 0 Å². The van der Waals surface area contributed by atoms with E-state index in [0.29, 0.717) is 0 Å². The molecule has 0 radical (unpaired) electrons. The first-order valence-corrected chi connectivity index (χ1v) is 8.96. The standard InChI is InChI=1S/2C4H6O4S.Na.Sb/c2*5-3(6)1-2(9)4(7)8;;/h2*2,9H,1H2,(H,5,6)(H,7,8);;/q;;+1;+3/p-4. The zero-order chi connectivity index (χ0) is 14.6. The van der Waals surface area contributed by atoms with Gasteiger partial charge in [0.05, 0.1) is 0 Å². The van der Waals surface area contributed by atoms with Crippen molar-refractivity contribution in [2.45, 2.75) is 23.3 Å². The fourth-order valence-corrected chi connectivity index (χ4v) is 4.40. The van der Waals surface area contributed by atoms with Crippen molar-refractivity contribution in [1.29, 1.82) is 0 Å². The average Bonchev–Trinajstić information content (AvgIpc) is 2.37. The summed E-state index contributed by atoms with van der Waals surface area (Å²) in [6.45, 7) is 0. The first kappa shape index (κ1) is 20.4.